The third-order valence-electron chi connectivity index (χ3n) is 3.85. The fraction of sp³-hybridized carbons (Fsp3) is 0.375. The number of phenols is 1. The molecule has 2 N–H and O–H groups in total. The quantitative estimate of drug-likeness (QED) is 0.883. The minimum Gasteiger partial charge on any atom is -0.508 e. The summed E-state index contributed by atoms with van der Waals surface area (Å²) in [5.74, 6) is 0.317. The monoisotopic (exact) mass is 258 g/mol. The summed E-state index contributed by atoms with van der Waals surface area (Å²) in [7, 11) is 2.09. The molecule has 0 aliphatic carbocycles. The lowest BCUT2D eigenvalue weighted by atomic mass is 10.1. The van der Waals surface area contributed by atoms with Gasteiger partial charge in [0.05, 0.1) is 0 Å². The van der Waals surface area contributed by atoms with Crippen molar-refractivity contribution in [2.75, 3.05) is 0 Å². The van der Waals surface area contributed by atoms with Gasteiger partial charge in [0, 0.05) is 31.0 Å². The summed E-state index contributed by atoms with van der Waals surface area (Å²) in [5.41, 5.74) is 5.00. The normalized spacial score (nSPS) is 12.6. The maximum atomic E-state index is 9.50. The Morgan fingerprint density at radius 1 is 1.26 bits per heavy atom. The van der Waals surface area contributed by atoms with Crippen LogP contribution >= 0.6 is 0 Å². The van der Waals surface area contributed by atoms with Gasteiger partial charge in [-0.1, -0.05) is 12.1 Å². The van der Waals surface area contributed by atoms with E-state index in [9.17, 15) is 5.11 Å². The smallest absolute Gasteiger partial charge is 0.115 e. The minimum atomic E-state index is 0.215. The number of hydrogen-bond acceptors (Lipinski definition) is 2. The van der Waals surface area contributed by atoms with Crippen LogP contribution in [0.15, 0.2) is 30.3 Å². The summed E-state index contributed by atoms with van der Waals surface area (Å²) >= 11 is 0. The van der Waals surface area contributed by atoms with E-state index in [1.807, 2.05) is 12.1 Å². The molecule has 0 spiro atoms. The van der Waals surface area contributed by atoms with Gasteiger partial charge in [-0.3, -0.25) is 0 Å². The van der Waals surface area contributed by atoms with Gasteiger partial charge in [0.2, 0.25) is 0 Å². The van der Waals surface area contributed by atoms with Crippen LogP contribution in [0.25, 0.3) is 0 Å². The number of aromatic hydroxyl groups is 1. The first-order valence-electron chi connectivity index (χ1n) is 6.63. The molecule has 19 heavy (non-hydrogen) atoms. The molecule has 0 aliphatic heterocycles. The number of benzene rings is 1. The van der Waals surface area contributed by atoms with Gasteiger partial charge in [-0.15, -0.1) is 0 Å². The van der Waals surface area contributed by atoms with Gasteiger partial charge in [-0.2, -0.15) is 0 Å². The Hall–Kier alpha value is -1.74. The van der Waals surface area contributed by atoms with Gasteiger partial charge in [0.1, 0.15) is 5.75 Å². The second-order valence-electron chi connectivity index (χ2n) is 5.15. The van der Waals surface area contributed by atoms with Crippen LogP contribution in [-0.2, 0) is 13.6 Å². The lowest BCUT2D eigenvalue weighted by Gasteiger charge is -2.14. The molecule has 0 saturated carbocycles. The Balaban J connectivity index is 2.04. The standard InChI is InChI=1S/C16H22N2O/c1-11-8-15(13(3)18(11)4)10-17-12(2)14-6-5-7-16(19)9-14/h5-9,12,17,19H,10H2,1-4H3. The highest BCUT2D eigenvalue weighted by molar-refractivity contribution is 5.30. The first-order valence-corrected chi connectivity index (χ1v) is 6.63. The molecule has 1 heterocycles. The van der Waals surface area contributed by atoms with Crippen LogP contribution in [0, 0.1) is 13.8 Å². The fourth-order valence-corrected chi connectivity index (χ4v) is 2.29. The summed E-state index contributed by atoms with van der Waals surface area (Å²) in [6.45, 7) is 7.21. The topological polar surface area (TPSA) is 37.2 Å². The van der Waals surface area contributed by atoms with Crippen molar-refractivity contribution < 1.29 is 5.11 Å². The molecule has 0 saturated heterocycles. The predicted octanol–water partition coefficient (Wildman–Crippen LogP) is 3.20. The van der Waals surface area contributed by atoms with Crippen LogP contribution in [0.1, 0.15) is 35.5 Å². The zero-order valence-electron chi connectivity index (χ0n) is 12.1. The first-order chi connectivity index (χ1) is 8.99. The molecule has 3 nitrogen and oxygen atoms in total. The zero-order chi connectivity index (χ0) is 14.0. The maximum Gasteiger partial charge on any atom is 0.115 e. The highest BCUT2D eigenvalue weighted by atomic mass is 16.3. The molecule has 0 aliphatic rings. The molecule has 1 atom stereocenters. The molecule has 3 heteroatoms. The largest absolute Gasteiger partial charge is 0.508 e. The molecule has 1 aromatic heterocycles. The number of hydrogen-bond donors (Lipinski definition) is 2. The van der Waals surface area contributed by atoms with Gasteiger partial charge < -0.3 is 15.0 Å². The molecule has 2 rings (SSSR count). The lowest BCUT2D eigenvalue weighted by Crippen LogP contribution is -2.18. The number of phenolic OH excluding ortho intramolecular Hbond substituents is 1. The molecule has 102 valence electrons. The van der Waals surface area contributed by atoms with E-state index in [1.54, 1.807) is 12.1 Å². The van der Waals surface area contributed by atoms with E-state index in [-0.39, 0.29) is 6.04 Å². The second-order valence-corrected chi connectivity index (χ2v) is 5.15. The summed E-state index contributed by atoms with van der Waals surface area (Å²) in [6, 6.07) is 9.84. The van der Waals surface area contributed by atoms with Crippen LogP contribution in [0.2, 0.25) is 0 Å². The van der Waals surface area contributed by atoms with Crippen molar-refractivity contribution in [1.82, 2.24) is 9.88 Å². The summed E-state index contributed by atoms with van der Waals surface area (Å²) < 4.78 is 2.20. The van der Waals surface area contributed by atoms with Crippen molar-refractivity contribution in [2.24, 2.45) is 7.05 Å². The average molecular weight is 258 g/mol. The Morgan fingerprint density at radius 2 is 2.00 bits per heavy atom. The van der Waals surface area contributed by atoms with Crippen molar-refractivity contribution in [1.29, 1.82) is 0 Å². The molecular weight excluding hydrogens is 236 g/mol. The summed E-state index contributed by atoms with van der Waals surface area (Å²) in [5, 5.41) is 13.0. The fourth-order valence-electron chi connectivity index (χ4n) is 2.29. The Kier molecular flexibility index (Phi) is 3.96. The van der Waals surface area contributed by atoms with E-state index in [2.05, 4.69) is 43.8 Å². The lowest BCUT2D eigenvalue weighted by molar-refractivity contribution is 0.472. The van der Waals surface area contributed by atoms with Crippen LogP contribution < -0.4 is 5.32 Å². The zero-order valence-corrected chi connectivity index (χ0v) is 12.1. The third-order valence-corrected chi connectivity index (χ3v) is 3.85. The first kappa shape index (κ1) is 13.7. The van der Waals surface area contributed by atoms with Gasteiger partial charge in [-0.05, 0) is 50.1 Å². The van der Waals surface area contributed by atoms with Gasteiger partial charge in [0.15, 0.2) is 0 Å². The third kappa shape index (κ3) is 2.99. The second kappa shape index (κ2) is 5.49. The number of nitrogens with zero attached hydrogens (tertiary/aromatic N) is 1. The number of aromatic nitrogens is 1. The molecule has 0 fully saturated rings. The van der Waals surface area contributed by atoms with E-state index < -0.39 is 0 Å². The van der Waals surface area contributed by atoms with E-state index in [0.29, 0.717) is 5.75 Å². The summed E-state index contributed by atoms with van der Waals surface area (Å²) in [6.07, 6.45) is 0. The molecule has 2 aromatic rings. The Labute approximate surface area is 114 Å². The molecule has 0 bridgehead atoms. The van der Waals surface area contributed by atoms with E-state index in [4.69, 9.17) is 0 Å². The molecule has 0 amide bonds. The predicted molar refractivity (Wildman–Crippen MR) is 78.2 cm³/mol. The molecule has 0 radical (unpaired) electrons. The summed E-state index contributed by atoms with van der Waals surface area (Å²) in [4.78, 5) is 0. The van der Waals surface area contributed by atoms with Gasteiger partial charge >= 0.3 is 0 Å². The van der Waals surface area contributed by atoms with E-state index in [0.717, 1.165) is 12.1 Å². The van der Waals surface area contributed by atoms with Crippen LogP contribution in [0.4, 0.5) is 0 Å². The van der Waals surface area contributed by atoms with Crippen LogP contribution in [-0.4, -0.2) is 9.67 Å². The Bertz CT molecular complexity index is 572. The van der Waals surface area contributed by atoms with Crippen molar-refractivity contribution >= 4 is 0 Å². The van der Waals surface area contributed by atoms with Crippen LogP contribution in [0.5, 0.6) is 5.75 Å². The molecular formula is C16H22N2O. The number of rotatable bonds is 4. The van der Waals surface area contributed by atoms with Crippen molar-refractivity contribution in [3.8, 4) is 5.75 Å². The van der Waals surface area contributed by atoms with Gasteiger partial charge in [0.25, 0.3) is 0 Å². The van der Waals surface area contributed by atoms with E-state index >= 15 is 0 Å². The van der Waals surface area contributed by atoms with Crippen LogP contribution in [0.3, 0.4) is 0 Å². The highest BCUT2D eigenvalue weighted by Crippen LogP contribution is 2.19. The van der Waals surface area contributed by atoms with Crippen molar-refractivity contribution in [3.63, 3.8) is 0 Å². The van der Waals surface area contributed by atoms with Crippen molar-refractivity contribution in [2.45, 2.75) is 33.4 Å². The average Bonchev–Trinajstić information content (AvgIpc) is 2.63. The molecule has 1 unspecified atom stereocenters. The Morgan fingerprint density at radius 3 is 2.58 bits per heavy atom. The number of nitrogens with one attached hydrogen (secondary N) is 1. The van der Waals surface area contributed by atoms with Gasteiger partial charge in [-0.25, -0.2) is 0 Å². The minimum absolute atomic E-state index is 0.215. The van der Waals surface area contributed by atoms with E-state index in [1.165, 1.54) is 17.0 Å². The maximum absolute atomic E-state index is 9.50. The SMILES string of the molecule is Cc1cc(CNC(C)c2cccc(O)c2)c(C)n1C. The highest BCUT2D eigenvalue weighted by Gasteiger charge is 2.09. The van der Waals surface area contributed by atoms with Crippen molar-refractivity contribution in [3.05, 3.63) is 52.8 Å². The number of aryl methyl sites for hydroxylation is 1. The molecule has 1 aromatic carbocycles.